The summed E-state index contributed by atoms with van der Waals surface area (Å²) in [7, 11) is 0. The van der Waals surface area contributed by atoms with Crippen molar-refractivity contribution >= 4 is 32.9 Å². The number of aryl methyl sites for hydroxylation is 1. The molecule has 0 unspecified atom stereocenters. The fourth-order valence-corrected chi connectivity index (χ4v) is 2.61. The van der Waals surface area contributed by atoms with Crippen LogP contribution in [0.1, 0.15) is 11.1 Å². The summed E-state index contributed by atoms with van der Waals surface area (Å²) in [6.07, 6.45) is 5.22. The van der Waals surface area contributed by atoms with Gasteiger partial charge in [-0.25, -0.2) is 4.98 Å². The molecule has 0 saturated carbocycles. The maximum atomic E-state index is 4.46. The number of thiazole rings is 1. The van der Waals surface area contributed by atoms with Gasteiger partial charge >= 0.3 is 0 Å². The molecule has 0 atom stereocenters. The molecule has 0 saturated heterocycles. The van der Waals surface area contributed by atoms with Crippen LogP contribution in [0.4, 0.5) is 5.13 Å². The van der Waals surface area contributed by atoms with Gasteiger partial charge in [0.1, 0.15) is 0 Å². The summed E-state index contributed by atoms with van der Waals surface area (Å²) < 4.78 is 1.17. The fourth-order valence-electron chi connectivity index (χ4n) is 1.69. The van der Waals surface area contributed by atoms with Gasteiger partial charge in [0.2, 0.25) is 5.13 Å². The first-order chi connectivity index (χ1) is 9.31. The molecule has 0 aliphatic rings. The highest BCUT2D eigenvalue weighted by molar-refractivity contribution is 7.22. The predicted molar refractivity (Wildman–Crippen MR) is 79.8 cm³/mol. The average molecular weight is 268 g/mol. The SMILES string of the molecule is Cc1ccc2nc(NN=Cc3cccnc3)sc2c1. The molecule has 2 heterocycles. The molecular weight excluding hydrogens is 256 g/mol. The number of benzene rings is 1. The van der Waals surface area contributed by atoms with Crippen molar-refractivity contribution in [3.63, 3.8) is 0 Å². The van der Waals surface area contributed by atoms with Crippen molar-refractivity contribution < 1.29 is 0 Å². The van der Waals surface area contributed by atoms with E-state index in [1.54, 1.807) is 29.9 Å². The molecule has 3 rings (SSSR count). The molecule has 0 aliphatic heterocycles. The zero-order valence-corrected chi connectivity index (χ0v) is 11.2. The molecule has 2 aromatic heterocycles. The van der Waals surface area contributed by atoms with E-state index in [1.165, 1.54) is 10.3 Å². The second-order valence-electron chi connectivity index (χ2n) is 4.15. The number of nitrogens with zero attached hydrogens (tertiary/aromatic N) is 3. The van der Waals surface area contributed by atoms with Crippen LogP contribution in [0.2, 0.25) is 0 Å². The lowest BCUT2D eigenvalue weighted by Gasteiger charge is -1.92. The van der Waals surface area contributed by atoms with Crippen molar-refractivity contribution in [2.24, 2.45) is 5.10 Å². The van der Waals surface area contributed by atoms with Gasteiger partial charge in [0.05, 0.1) is 16.4 Å². The lowest BCUT2D eigenvalue weighted by atomic mass is 10.2. The minimum Gasteiger partial charge on any atom is -0.264 e. The Kier molecular flexibility index (Phi) is 3.20. The zero-order chi connectivity index (χ0) is 13.1. The van der Waals surface area contributed by atoms with Crippen LogP contribution in [0.25, 0.3) is 10.2 Å². The van der Waals surface area contributed by atoms with Crippen LogP contribution in [0.3, 0.4) is 0 Å². The van der Waals surface area contributed by atoms with E-state index in [0.717, 1.165) is 16.2 Å². The Morgan fingerprint density at radius 1 is 1.32 bits per heavy atom. The monoisotopic (exact) mass is 268 g/mol. The highest BCUT2D eigenvalue weighted by Crippen LogP contribution is 2.26. The third kappa shape index (κ3) is 2.77. The molecule has 19 heavy (non-hydrogen) atoms. The lowest BCUT2D eigenvalue weighted by Crippen LogP contribution is -1.89. The number of anilines is 1. The van der Waals surface area contributed by atoms with E-state index >= 15 is 0 Å². The summed E-state index contributed by atoms with van der Waals surface area (Å²) >= 11 is 1.59. The maximum absolute atomic E-state index is 4.46. The van der Waals surface area contributed by atoms with Crippen molar-refractivity contribution in [1.29, 1.82) is 0 Å². The van der Waals surface area contributed by atoms with Gasteiger partial charge in [-0.05, 0) is 30.7 Å². The van der Waals surface area contributed by atoms with Crippen LogP contribution in [0.5, 0.6) is 0 Å². The van der Waals surface area contributed by atoms with E-state index in [0.29, 0.717) is 0 Å². The van der Waals surface area contributed by atoms with Gasteiger partial charge in [0, 0.05) is 18.0 Å². The predicted octanol–water partition coefficient (Wildman–Crippen LogP) is 3.45. The van der Waals surface area contributed by atoms with Crippen LogP contribution < -0.4 is 5.43 Å². The third-order valence-corrected chi connectivity index (χ3v) is 3.52. The minimum atomic E-state index is 0.792. The van der Waals surface area contributed by atoms with Crippen LogP contribution in [0, 0.1) is 6.92 Å². The lowest BCUT2D eigenvalue weighted by molar-refractivity contribution is 1.29. The average Bonchev–Trinajstić information content (AvgIpc) is 2.82. The first kappa shape index (κ1) is 11.8. The molecule has 0 bridgehead atoms. The molecule has 1 aromatic carbocycles. The van der Waals surface area contributed by atoms with E-state index in [1.807, 2.05) is 18.2 Å². The Hall–Kier alpha value is -2.27. The molecule has 0 amide bonds. The minimum absolute atomic E-state index is 0.792. The largest absolute Gasteiger partial charge is 0.264 e. The molecular formula is C14H12N4S. The standard InChI is InChI=1S/C14H12N4S/c1-10-4-5-12-13(7-10)19-14(17-12)18-16-9-11-3-2-6-15-8-11/h2-9H,1H3,(H,17,18). The van der Waals surface area contributed by atoms with E-state index < -0.39 is 0 Å². The number of hydrogen-bond donors (Lipinski definition) is 1. The topological polar surface area (TPSA) is 50.2 Å². The summed E-state index contributed by atoms with van der Waals surface area (Å²) in [6, 6.07) is 10.0. The number of hydrogen-bond acceptors (Lipinski definition) is 5. The van der Waals surface area contributed by atoms with Gasteiger partial charge in [0.15, 0.2) is 0 Å². The Balaban J connectivity index is 1.77. The Morgan fingerprint density at radius 2 is 2.26 bits per heavy atom. The third-order valence-electron chi connectivity index (χ3n) is 2.60. The molecule has 94 valence electrons. The van der Waals surface area contributed by atoms with Gasteiger partial charge in [-0.15, -0.1) is 0 Å². The quantitative estimate of drug-likeness (QED) is 0.584. The Morgan fingerprint density at radius 3 is 3.11 bits per heavy atom. The second kappa shape index (κ2) is 5.16. The van der Waals surface area contributed by atoms with Crippen LogP contribution in [-0.2, 0) is 0 Å². The normalized spacial score (nSPS) is 11.2. The molecule has 5 heteroatoms. The van der Waals surface area contributed by atoms with Gasteiger partial charge in [-0.1, -0.05) is 23.5 Å². The van der Waals surface area contributed by atoms with Gasteiger partial charge in [-0.2, -0.15) is 5.10 Å². The number of aromatic nitrogens is 2. The molecule has 0 fully saturated rings. The van der Waals surface area contributed by atoms with Crippen molar-refractivity contribution in [2.45, 2.75) is 6.92 Å². The van der Waals surface area contributed by atoms with Crippen LogP contribution in [0.15, 0.2) is 47.8 Å². The van der Waals surface area contributed by atoms with Crippen molar-refractivity contribution in [1.82, 2.24) is 9.97 Å². The van der Waals surface area contributed by atoms with Gasteiger partial charge in [-0.3, -0.25) is 10.4 Å². The summed E-state index contributed by atoms with van der Waals surface area (Å²) in [6.45, 7) is 2.08. The van der Waals surface area contributed by atoms with Gasteiger partial charge < -0.3 is 0 Å². The van der Waals surface area contributed by atoms with Crippen LogP contribution in [-0.4, -0.2) is 16.2 Å². The highest BCUT2D eigenvalue weighted by atomic mass is 32.1. The van der Waals surface area contributed by atoms with E-state index in [2.05, 4.69) is 39.6 Å². The molecule has 0 radical (unpaired) electrons. The number of pyridine rings is 1. The smallest absolute Gasteiger partial charge is 0.204 e. The summed E-state index contributed by atoms with van der Waals surface area (Å²) in [4.78, 5) is 8.49. The zero-order valence-electron chi connectivity index (χ0n) is 10.4. The molecule has 4 nitrogen and oxygen atoms in total. The molecule has 1 N–H and O–H groups in total. The van der Waals surface area contributed by atoms with E-state index in [-0.39, 0.29) is 0 Å². The number of hydrazone groups is 1. The number of rotatable bonds is 3. The Labute approximate surface area is 114 Å². The van der Waals surface area contributed by atoms with E-state index in [9.17, 15) is 0 Å². The molecule has 3 aromatic rings. The number of fused-ring (bicyclic) bond motifs is 1. The second-order valence-corrected chi connectivity index (χ2v) is 5.18. The highest BCUT2D eigenvalue weighted by Gasteiger charge is 2.02. The maximum Gasteiger partial charge on any atom is 0.204 e. The van der Waals surface area contributed by atoms with Crippen molar-refractivity contribution in [3.05, 3.63) is 53.9 Å². The van der Waals surface area contributed by atoms with E-state index in [4.69, 9.17) is 0 Å². The Bertz CT molecular complexity index is 719. The summed E-state index contributed by atoms with van der Waals surface area (Å²) in [5.74, 6) is 0. The summed E-state index contributed by atoms with van der Waals surface area (Å²) in [5, 5.41) is 4.95. The molecule has 0 aliphatic carbocycles. The van der Waals surface area contributed by atoms with Crippen molar-refractivity contribution in [3.8, 4) is 0 Å². The van der Waals surface area contributed by atoms with Gasteiger partial charge in [0.25, 0.3) is 0 Å². The van der Waals surface area contributed by atoms with Crippen LogP contribution >= 0.6 is 11.3 Å². The number of nitrogens with one attached hydrogen (secondary N) is 1. The summed E-state index contributed by atoms with van der Waals surface area (Å²) in [5.41, 5.74) is 6.13. The first-order valence-corrected chi connectivity index (χ1v) is 6.69. The molecule has 0 spiro atoms. The first-order valence-electron chi connectivity index (χ1n) is 5.87. The van der Waals surface area contributed by atoms with Crippen molar-refractivity contribution in [2.75, 3.05) is 5.43 Å². The fraction of sp³-hybridized carbons (Fsp3) is 0.0714.